The van der Waals surface area contributed by atoms with Crippen LogP contribution in [0.4, 0.5) is 13.2 Å². The Morgan fingerprint density at radius 2 is 1.73 bits per heavy atom. The van der Waals surface area contributed by atoms with Gasteiger partial charge in [-0.25, -0.2) is 0 Å². The highest BCUT2D eigenvalue weighted by molar-refractivity contribution is 5.39. The number of hydrogen-bond donors (Lipinski definition) is 1. The summed E-state index contributed by atoms with van der Waals surface area (Å²) in [5.74, 6) is 0.898. The monoisotopic (exact) mass is 312 g/mol. The van der Waals surface area contributed by atoms with Gasteiger partial charge in [-0.3, -0.25) is 0 Å². The maximum Gasteiger partial charge on any atom is 0.416 e. The Morgan fingerprint density at radius 3 is 2.36 bits per heavy atom. The first-order valence-electron chi connectivity index (χ1n) is 6.53. The van der Waals surface area contributed by atoms with Crippen LogP contribution in [0.1, 0.15) is 17.2 Å². The van der Waals surface area contributed by atoms with Crippen LogP contribution >= 0.6 is 0 Å². The van der Waals surface area contributed by atoms with Gasteiger partial charge in [0, 0.05) is 0 Å². The van der Waals surface area contributed by atoms with Crippen LogP contribution in [0, 0.1) is 0 Å². The molecule has 3 nitrogen and oxygen atoms in total. The van der Waals surface area contributed by atoms with Crippen molar-refractivity contribution in [2.24, 2.45) is 0 Å². The number of aliphatic hydroxyl groups excluding tert-OH is 1. The second-order valence-corrected chi connectivity index (χ2v) is 4.60. The van der Waals surface area contributed by atoms with E-state index in [4.69, 9.17) is 9.47 Å². The lowest BCUT2D eigenvalue weighted by Gasteiger charge is -2.16. The number of aliphatic hydroxyl groups is 1. The largest absolute Gasteiger partial charge is 0.493 e. The topological polar surface area (TPSA) is 38.7 Å². The van der Waals surface area contributed by atoms with Crippen molar-refractivity contribution in [3.8, 4) is 11.5 Å². The first-order chi connectivity index (χ1) is 10.4. The molecule has 2 aromatic rings. The van der Waals surface area contributed by atoms with Crippen molar-refractivity contribution < 1.29 is 27.8 Å². The lowest BCUT2D eigenvalue weighted by atomic mass is 10.1. The van der Waals surface area contributed by atoms with E-state index >= 15 is 0 Å². The minimum absolute atomic E-state index is 0.143. The molecule has 2 aromatic carbocycles. The van der Waals surface area contributed by atoms with Crippen LogP contribution in [0.2, 0.25) is 0 Å². The second-order valence-electron chi connectivity index (χ2n) is 4.60. The SMILES string of the molecule is COc1ccccc1OCC(O)c1cccc(C(F)(F)F)c1. The zero-order chi connectivity index (χ0) is 16.2. The summed E-state index contributed by atoms with van der Waals surface area (Å²) >= 11 is 0. The van der Waals surface area contributed by atoms with Crippen LogP contribution in [0.15, 0.2) is 48.5 Å². The van der Waals surface area contributed by atoms with Crippen molar-refractivity contribution in [2.45, 2.75) is 12.3 Å². The van der Waals surface area contributed by atoms with Crippen molar-refractivity contribution in [1.82, 2.24) is 0 Å². The van der Waals surface area contributed by atoms with Gasteiger partial charge in [0.1, 0.15) is 12.7 Å². The Balaban J connectivity index is 2.08. The normalized spacial score (nSPS) is 12.8. The Kier molecular flexibility index (Phi) is 4.92. The Bertz CT molecular complexity index is 626. The van der Waals surface area contributed by atoms with Gasteiger partial charge < -0.3 is 14.6 Å². The number of alkyl halides is 3. The molecule has 118 valence electrons. The van der Waals surface area contributed by atoms with Crippen molar-refractivity contribution in [3.63, 3.8) is 0 Å². The average Bonchev–Trinajstić information content (AvgIpc) is 2.52. The third-order valence-corrected chi connectivity index (χ3v) is 3.06. The molecule has 0 radical (unpaired) electrons. The van der Waals surface area contributed by atoms with Crippen molar-refractivity contribution in [1.29, 1.82) is 0 Å². The van der Waals surface area contributed by atoms with Gasteiger partial charge in [-0.15, -0.1) is 0 Å². The van der Waals surface area contributed by atoms with Crippen molar-refractivity contribution >= 4 is 0 Å². The predicted molar refractivity (Wildman–Crippen MR) is 74.9 cm³/mol. The Morgan fingerprint density at radius 1 is 1.05 bits per heavy atom. The molecule has 1 unspecified atom stereocenters. The first-order valence-corrected chi connectivity index (χ1v) is 6.53. The summed E-state index contributed by atoms with van der Waals surface area (Å²) in [4.78, 5) is 0. The molecular weight excluding hydrogens is 297 g/mol. The summed E-state index contributed by atoms with van der Waals surface area (Å²) in [6.07, 6.45) is -5.62. The molecule has 2 rings (SSSR count). The third-order valence-electron chi connectivity index (χ3n) is 3.06. The van der Waals surface area contributed by atoms with E-state index in [0.29, 0.717) is 11.5 Å². The van der Waals surface area contributed by atoms with Crippen LogP contribution in [-0.4, -0.2) is 18.8 Å². The molecule has 6 heteroatoms. The van der Waals surface area contributed by atoms with E-state index in [1.807, 2.05) is 0 Å². The van der Waals surface area contributed by atoms with E-state index in [9.17, 15) is 18.3 Å². The quantitative estimate of drug-likeness (QED) is 0.912. The molecule has 0 spiro atoms. The lowest BCUT2D eigenvalue weighted by molar-refractivity contribution is -0.137. The molecule has 1 atom stereocenters. The smallest absolute Gasteiger partial charge is 0.416 e. The molecule has 0 bridgehead atoms. The summed E-state index contributed by atoms with van der Waals surface area (Å²) in [6, 6.07) is 11.4. The maximum absolute atomic E-state index is 12.7. The molecule has 0 saturated carbocycles. The molecule has 0 saturated heterocycles. The van der Waals surface area contributed by atoms with Crippen molar-refractivity contribution in [2.75, 3.05) is 13.7 Å². The zero-order valence-electron chi connectivity index (χ0n) is 11.8. The number of rotatable bonds is 5. The fourth-order valence-electron chi connectivity index (χ4n) is 1.93. The fourth-order valence-corrected chi connectivity index (χ4v) is 1.93. The van der Waals surface area contributed by atoms with Crippen LogP contribution < -0.4 is 9.47 Å². The fraction of sp³-hybridized carbons (Fsp3) is 0.250. The number of benzene rings is 2. The maximum atomic E-state index is 12.7. The number of para-hydroxylation sites is 2. The van der Waals surface area contributed by atoms with Gasteiger partial charge in [0.2, 0.25) is 0 Å². The van der Waals surface area contributed by atoms with E-state index in [1.54, 1.807) is 24.3 Å². The van der Waals surface area contributed by atoms with Crippen LogP contribution in [0.25, 0.3) is 0 Å². The van der Waals surface area contributed by atoms with E-state index in [2.05, 4.69) is 0 Å². The summed E-state index contributed by atoms with van der Waals surface area (Å²) < 4.78 is 48.5. The zero-order valence-corrected chi connectivity index (χ0v) is 11.8. The highest BCUT2D eigenvalue weighted by atomic mass is 19.4. The molecule has 0 amide bonds. The van der Waals surface area contributed by atoms with Gasteiger partial charge in [-0.1, -0.05) is 24.3 Å². The lowest BCUT2D eigenvalue weighted by Crippen LogP contribution is -2.12. The number of methoxy groups -OCH3 is 1. The Labute approximate surface area is 125 Å². The second kappa shape index (κ2) is 6.70. The molecule has 0 aliphatic heterocycles. The van der Waals surface area contributed by atoms with Crippen LogP contribution in [0.3, 0.4) is 0 Å². The molecule has 0 fully saturated rings. The van der Waals surface area contributed by atoms with Gasteiger partial charge in [0.15, 0.2) is 11.5 Å². The summed E-state index contributed by atoms with van der Waals surface area (Å²) in [6.45, 7) is -0.179. The minimum Gasteiger partial charge on any atom is -0.493 e. The number of ether oxygens (including phenoxy) is 2. The average molecular weight is 312 g/mol. The highest BCUT2D eigenvalue weighted by Gasteiger charge is 2.30. The van der Waals surface area contributed by atoms with Crippen molar-refractivity contribution in [3.05, 3.63) is 59.7 Å². The summed E-state index contributed by atoms with van der Waals surface area (Å²) in [5, 5.41) is 10.0. The molecule has 0 aliphatic rings. The number of halogens is 3. The van der Waals surface area contributed by atoms with E-state index < -0.39 is 17.8 Å². The molecule has 22 heavy (non-hydrogen) atoms. The summed E-state index contributed by atoms with van der Waals surface area (Å²) in [7, 11) is 1.48. The molecule has 0 heterocycles. The van der Waals surface area contributed by atoms with E-state index in [-0.39, 0.29) is 12.2 Å². The first kappa shape index (κ1) is 16.2. The van der Waals surface area contributed by atoms with Gasteiger partial charge >= 0.3 is 6.18 Å². The van der Waals surface area contributed by atoms with Gasteiger partial charge in [-0.05, 0) is 29.8 Å². The Hall–Kier alpha value is -2.21. The minimum atomic E-state index is -4.45. The standard InChI is InChI=1S/C16H15F3O3/c1-21-14-7-2-3-8-15(14)22-10-13(20)11-5-4-6-12(9-11)16(17,18)19/h2-9,13,20H,10H2,1H3. The van der Waals surface area contributed by atoms with E-state index in [1.165, 1.54) is 19.2 Å². The van der Waals surface area contributed by atoms with Gasteiger partial charge in [0.05, 0.1) is 12.7 Å². The molecule has 1 N–H and O–H groups in total. The van der Waals surface area contributed by atoms with Crippen LogP contribution in [-0.2, 0) is 6.18 Å². The van der Waals surface area contributed by atoms with Crippen LogP contribution in [0.5, 0.6) is 11.5 Å². The number of hydrogen-bond acceptors (Lipinski definition) is 3. The summed E-state index contributed by atoms with van der Waals surface area (Å²) in [5.41, 5.74) is -0.661. The molecule has 0 aliphatic carbocycles. The predicted octanol–water partition coefficient (Wildman–Crippen LogP) is 3.83. The van der Waals surface area contributed by atoms with Gasteiger partial charge in [-0.2, -0.15) is 13.2 Å². The molecule has 0 aromatic heterocycles. The van der Waals surface area contributed by atoms with Gasteiger partial charge in [0.25, 0.3) is 0 Å². The van der Waals surface area contributed by atoms with E-state index in [0.717, 1.165) is 12.1 Å². The third kappa shape index (κ3) is 3.92. The molecular formula is C16H15F3O3. The highest BCUT2D eigenvalue weighted by Crippen LogP contribution is 2.31.